The summed E-state index contributed by atoms with van der Waals surface area (Å²) in [7, 11) is 3.70. The Labute approximate surface area is 182 Å². The first-order chi connectivity index (χ1) is 15.1. The molecule has 0 spiro atoms. The van der Waals surface area contributed by atoms with Crippen molar-refractivity contribution < 1.29 is 14.3 Å². The van der Waals surface area contributed by atoms with Gasteiger partial charge in [-0.1, -0.05) is 18.2 Å². The number of benzene rings is 1. The smallest absolute Gasteiger partial charge is 0.227 e. The van der Waals surface area contributed by atoms with Crippen LogP contribution in [0.25, 0.3) is 0 Å². The Morgan fingerprint density at radius 2 is 1.94 bits per heavy atom. The molecule has 3 heterocycles. The van der Waals surface area contributed by atoms with E-state index in [2.05, 4.69) is 27.1 Å². The maximum Gasteiger partial charge on any atom is 0.227 e. The maximum atomic E-state index is 12.9. The molecule has 8 nitrogen and oxygen atoms in total. The van der Waals surface area contributed by atoms with Gasteiger partial charge in [-0.15, -0.1) is 0 Å². The highest BCUT2D eigenvalue weighted by atomic mass is 16.5. The van der Waals surface area contributed by atoms with E-state index in [1.165, 1.54) is 0 Å². The molecule has 8 heteroatoms. The SMILES string of the molecule is COc1ccccc1N1C[C@H](C(=O)NCc2cccnc2N2CCN(C)CC2)CC1=O. The molecular formula is C23H29N5O3. The van der Waals surface area contributed by atoms with E-state index in [9.17, 15) is 9.59 Å². The number of amides is 2. The van der Waals surface area contributed by atoms with Gasteiger partial charge in [-0.25, -0.2) is 4.98 Å². The first-order valence-corrected chi connectivity index (χ1v) is 10.7. The monoisotopic (exact) mass is 423 g/mol. The Morgan fingerprint density at radius 1 is 1.16 bits per heavy atom. The summed E-state index contributed by atoms with van der Waals surface area (Å²) in [5.41, 5.74) is 1.70. The zero-order valence-corrected chi connectivity index (χ0v) is 18.1. The third-order valence-electron chi connectivity index (χ3n) is 6.00. The Bertz CT molecular complexity index is 942. The van der Waals surface area contributed by atoms with Gasteiger partial charge in [0.2, 0.25) is 11.8 Å². The van der Waals surface area contributed by atoms with Crippen molar-refractivity contribution in [1.29, 1.82) is 0 Å². The van der Waals surface area contributed by atoms with Crippen LogP contribution in [-0.2, 0) is 16.1 Å². The lowest BCUT2D eigenvalue weighted by Crippen LogP contribution is -2.45. The van der Waals surface area contributed by atoms with E-state index in [0.717, 1.165) is 37.6 Å². The molecular weight excluding hydrogens is 394 g/mol. The lowest BCUT2D eigenvalue weighted by molar-refractivity contribution is -0.126. The number of hydrogen-bond acceptors (Lipinski definition) is 6. The summed E-state index contributed by atoms with van der Waals surface area (Å²) in [6, 6.07) is 11.3. The number of nitrogens with one attached hydrogen (secondary N) is 1. The van der Waals surface area contributed by atoms with E-state index in [-0.39, 0.29) is 24.2 Å². The molecule has 1 atom stereocenters. The number of nitrogens with zero attached hydrogens (tertiary/aromatic N) is 4. The van der Waals surface area contributed by atoms with Gasteiger partial charge in [-0.2, -0.15) is 0 Å². The summed E-state index contributed by atoms with van der Waals surface area (Å²) in [5.74, 6) is 0.988. The fourth-order valence-electron chi connectivity index (χ4n) is 4.17. The predicted octanol–water partition coefficient (Wildman–Crippen LogP) is 1.51. The minimum absolute atomic E-state index is 0.0656. The van der Waals surface area contributed by atoms with Gasteiger partial charge in [-0.3, -0.25) is 9.59 Å². The zero-order valence-electron chi connectivity index (χ0n) is 18.1. The van der Waals surface area contributed by atoms with Gasteiger partial charge in [-0.05, 0) is 25.2 Å². The molecule has 164 valence electrons. The third-order valence-corrected chi connectivity index (χ3v) is 6.00. The molecule has 2 aliphatic heterocycles. The number of carbonyl (C=O) groups excluding carboxylic acids is 2. The second-order valence-corrected chi connectivity index (χ2v) is 8.07. The summed E-state index contributed by atoms with van der Waals surface area (Å²) < 4.78 is 5.38. The van der Waals surface area contributed by atoms with E-state index in [0.29, 0.717) is 24.5 Å². The number of carbonyl (C=O) groups is 2. The number of likely N-dealkylation sites (N-methyl/N-ethyl adjacent to an activating group) is 1. The quantitative estimate of drug-likeness (QED) is 0.759. The highest BCUT2D eigenvalue weighted by Gasteiger charge is 2.36. The van der Waals surface area contributed by atoms with Crippen molar-refractivity contribution in [2.24, 2.45) is 5.92 Å². The molecule has 2 fully saturated rings. The molecule has 31 heavy (non-hydrogen) atoms. The van der Waals surface area contributed by atoms with Crippen molar-refractivity contribution >= 4 is 23.3 Å². The molecule has 0 saturated carbocycles. The molecule has 0 radical (unpaired) electrons. The molecule has 4 rings (SSSR count). The first-order valence-electron chi connectivity index (χ1n) is 10.7. The van der Waals surface area contributed by atoms with E-state index in [4.69, 9.17) is 4.74 Å². The number of piperazine rings is 1. The summed E-state index contributed by atoms with van der Waals surface area (Å²) in [6.07, 6.45) is 1.99. The summed E-state index contributed by atoms with van der Waals surface area (Å²) in [6.45, 7) is 4.56. The number of para-hydroxylation sites is 2. The molecule has 0 unspecified atom stereocenters. The van der Waals surface area contributed by atoms with E-state index in [1.807, 2.05) is 36.4 Å². The summed E-state index contributed by atoms with van der Waals surface area (Å²) in [5, 5.41) is 3.02. The second kappa shape index (κ2) is 9.34. The molecule has 0 aliphatic carbocycles. The summed E-state index contributed by atoms with van der Waals surface area (Å²) >= 11 is 0. The fraction of sp³-hybridized carbons (Fsp3) is 0.435. The van der Waals surface area contributed by atoms with Crippen molar-refractivity contribution in [1.82, 2.24) is 15.2 Å². The normalized spacial score (nSPS) is 19.5. The Balaban J connectivity index is 1.39. The number of hydrogen-bond donors (Lipinski definition) is 1. The molecule has 2 aromatic rings. The largest absolute Gasteiger partial charge is 0.495 e. The van der Waals surface area contributed by atoms with Crippen LogP contribution in [0, 0.1) is 5.92 Å². The molecule has 2 amide bonds. The van der Waals surface area contributed by atoms with Crippen molar-refractivity contribution in [3.63, 3.8) is 0 Å². The second-order valence-electron chi connectivity index (χ2n) is 8.07. The van der Waals surface area contributed by atoms with Crippen LogP contribution < -0.4 is 19.9 Å². The fourth-order valence-corrected chi connectivity index (χ4v) is 4.17. The van der Waals surface area contributed by atoms with Crippen LogP contribution in [0.1, 0.15) is 12.0 Å². The average Bonchev–Trinajstić information content (AvgIpc) is 3.19. The van der Waals surface area contributed by atoms with Gasteiger partial charge < -0.3 is 24.8 Å². The third kappa shape index (κ3) is 4.64. The lowest BCUT2D eigenvalue weighted by Gasteiger charge is -2.34. The topological polar surface area (TPSA) is 78.0 Å². The van der Waals surface area contributed by atoms with Crippen LogP contribution in [0.4, 0.5) is 11.5 Å². The van der Waals surface area contributed by atoms with Crippen LogP contribution in [0.5, 0.6) is 5.75 Å². The number of anilines is 2. The van der Waals surface area contributed by atoms with Crippen molar-refractivity contribution in [3.8, 4) is 5.75 Å². The van der Waals surface area contributed by atoms with Crippen LogP contribution in [-0.4, -0.2) is 68.6 Å². The van der Waals surface area contributed by atoms with E-state index < -0.39 is 0 Å². The number of methoxy groups -OCH3 is 1. The average molecular weight is 424 g/mol. The number of ether oxygens (including phenoxy) is 1. The molecule has 1 aromatic carbocycles. The summed E-state index contributed by atoms with van der Waals surface area (Å²) in [4.78, 5) is 36.2. The van der Waals surface area contributed by atoms with Crippen molar-refractivity contribution in [2.75, 3.05) is 56.7 Å². The highest BCUT2D eigenvalue weighted by molar-refractivity contribution is 6.01. The number of aromatic nitrogens is 1. The van der Waals surface area contributed by atoms with Crippen LogP contribution in [0.15, 0.2) is 42.6 Å². The maximum absolute atomic E-state index is 12.9. The Hall–Kier alpha value is -3.13. The van der Waals surface area contributed by atoms with Gasteiger partial charge in [0.25, 0.3) is 0 Å². The molecule has 1 N–H and O–H groups in total. The minimum Gasteiger partial charge on any atom is -0.495 e. The predicted molar refractivity (Wildman–Crippen MR) is 119 cm³/mol. The lowest BCUT2D eigenvalue weighted by atomic mass is 10.1. The Kier molecular flexibility index (Phi) is 6.36. The number of pyridine rings is 1. The molecule has 1 aromatic heterocycles. The van der Waals surface area contributed by atoms with Crippen LogP contribution in [0.3, 0.4) is 0 Å². The molecule has 0 bridgehead atoms. The van der Waals surface area contributed by atoms with Crippen molar-refractivity contribution in [3.05, 3.63) is 48.2 Å². The van der Waals surface area contributed by atoms with Gasteiger partial charge in [0.1, 0.15) is 11.6 Å². The van der Waals surface area contributed by atoms with Gasteiger partial charge in [0, 0.05) is 57.4 Å². The minimum atomic E-state index is -0.388. The Morgan fingerprint density at radius 3 is 2.71 bits per heavy atom. The van der Waals surface area contributed by atoms with Crippen LogP contribution in [0.2, 0.25) is 0 Å². The van der Waals surface area contributed by atoms with Crippen molar-refractivity contribution in [2.45, 2.75) is 13.0 Å². The first kappa shape index (κ1) is 21.1. The van der Waals surface area contributed by atoms with Crippen LogP contribution >= 0.6 is 0 Å². The van der Waals surface area contributed by atoms with Gasteiger partial charge >= 0.3 is 0 Å². The highest BCUT2D eigenvalue weighted by Crippen LogP contribution is 2.32. The zero-order chi connectivity index (χ0) is 21.8. The number of rotatable bonds is 6. The van der Waals surface area contributed by atoms with Gasteiger partial charge in [0.15, 0.2) is 0 Å². The van der Waals surface area contributed by atoms with E-state index in [1.54, 1.807) is 18.2 Å². The van der Waals surface area contributed by atoms with Gasteiger partial charge in [0.05, 0.1) is 18.7 Å². The molecule has 2 saturated heterocycles. The molecule has 2 aliphatic rings. The standard InChI is InChI=1S/C23H29N5O3/c1-26-10-12-27(13-11-26)22-17(6-5-9-24-22)15-25-23(30)18-14-21(29)28(16-18)19-7-3-4-8-20(19)31-2/h3-9,18H,10-16H2,1-2H3,(H,25,30)/t18-/m1/s1. The van der Waals surface area contributed by atoms with E-state index >= 15 is 0 Å².